The molecule has 0 heterocycles. The van der Waals surface area contributed by atoms with E-state index in [9.17, 15) is 14.9 Å². The number of nitrogens with zero attached hydrogens (tertiary/aromatic N) is 1. The number of benzene rings is 1. The summed E-state index contributed by atoms with van der Waals surface area (Å²) in [5, 5.41) is 19.7. The summed E-state index contributed by atoms with van der Waals surface area (Å²) in [6, 6.07) is 3.52. The second-order valence-corrected chi connectivity index (χ2v) is 2.82. The molecular formula is C9H9NO5. The van der Waals surface area contributed by atoms with Crippen molar-refractivity contribution in [2.45, 2.75) is 6.42 Å². The fourth-order valence-corrected chi connectivity index (χ4v) is 1.12. The number of carbonyl (C=O) groups excluding carboxylic acids is 1. The normalized spacial score (nSPS) is 9.67. The van der Waals surface area contributed by atoms with E-state index in [0.29, 0.717) is 0 Å². The van der Waals surface area contributed by atoms with Gasteiger partial charge < -0.3 is 9.84 Å². The zero-order chi connectivity index (χ0) is 11.4. The number of methoxy groups -OCH3 is 1. The lowest BCUT2D eigenvalue weighted by Gasteiger charge is -2.02. The van der Waals surface area contributed by atoms with E-state index >= 15 is 0 Å². The summed E-state index contributed by atoms with van der Waals surface area (Å²) in [7, 11) is 1.19. The van der Waals surface area contributed by atoms with Gasteiger partial charge in [-0.2, -0.15) is 0 Å². The second kappa shape index (κ2) is 4.41. The largest absolute Gasteiger partial charge is 0.508 e. The number of phenols is 1. The molecule has 0 saturated heterocycles. The minimum atomic E-state index is -0.613. The number of esters is 1. The molecular weight excluding hydrogens is 202 g/mol. The first-order valence-electron chi connectivity index (χ1n) is 4.07. The lowest BCUT2D eigenvalue weighted by molar-refractivity contribution is -0.385. The van der Waals surface area contributed by atoms with E-state index in [1.165, 1.54) is 19.2 Å². The molecule has 0 unspecified atom stereocenters. The quantitative estimate of drug-likeness (QED) is 0.458. The van der Waals surface area contributed by atoms with E-state index in [4.69, 9.17) is 5.11 Å². The van der Waals surface area contributed by atoms with Gasteiger partial charge in [0.2, 0.25) is 0 Å². The second-order valence-electron chi connectivity index (χ2n) is 2.82. The Morgan fingerprint density at radius 1 is 1.60 bits per heavy atom. The molecule has 0 fully saturated rings. The van der Waals surface area contributed by atoms with Gasteiger partial charge >= 0.3 is 5.97 Å². The number of phenolic OH excluding ortho intramolecular Hbond substituents is 1. The van der Waals surface area contributed by atoms with Crippen LogP contribution in [-0.2, 0) is 16.0 Å². The first kappa shape index (κ1) is 11.0. The van der Waals surface area contributed by atoms with Gasteiger partial charge in [-0.25, -0.2) is 0 Å². The van der Waals surface area contributed by atoms with Crippen LogP contribution in [-0.4, -0.2) is 23.1 Å². The van der Waals surface area contributed by atoms with Crippen molar-refractivity contribution in [2.75, 3.05) is 7.11 Å². The molecule has 0 bridgehead atoms. The fourth-order valence-electron chi connectivity index (χ4n) is 1.12. The lowest BCUT2D eigenvalue weighted by atomic mass is 10.1. The average molecular weight is 211 g/mol. The maximum absolute atomic E-state index is 10.9. The van der Waals surface area contributed by atoms with E-state index in [1.54, 1.807) is 0 Å². The van der Waals surface area contributed by atoms with Crippen molar-refractivity contribution in [3.63, 3.8) is 0 Å². The standard InChI is InChI=1S/C9H9NO5/c1-15-9(12)5-6-4-7(11)2-3-8(6)10(13)14/h2-4,11H,5H2,1H3. The van der Waals surface area contributed by atoms with Crippen LogP contribution in [0, 0.1) is 10.1 Å². The summed E-state index contributed by atoms with van der Waals surface area (Å²) in [6.45, 7) is 0. The summed E-state index contributed by atoms with van der Waals surface area (Å²) >= 11 is 0. The number of rotatable bonds is 3. The Morgan fingerprint density at radius 2 is 2.27 bits per heavy atom. The highest BCUT2D eigenvalue weighted by Gasteiger charge is 2.17. The maximum atomic E-state index is 10.9. The molecule has 1 aromatic carbocycles. The van der Waals surface area contributed by atoms with Crippen molar-refractivity contribution in [3.05, 3.63) is 33.9 Å². The Labute approximate surface area is 85.2 Å². The Hall–Kier alpha value is -2.11. The molecule has 1 N–H and O–H groups in total. The number of ether oxygens (including phenoxy) is 1. The predicted molar refractivity (Wildman–Crippen MR) is 50.5 cm³/mol. The molecule has 0 aliphatic rings. The number of hydrogen-bond acceptors (Lipinski definition) is 5. The topological polar surface area (TPSA) is 89.7 Å². The molecule has 0 atom stereocenters. The van der Waals surface area contributed by atoms with Crippen molar-refractivity contribution in [1.29, 1.82) is 0 Å². The molecule has 0 radical (unpaired) electrons. The molecule has 15 heavy (non-hydrogen) atoms. The van der Waals surface area contributed by atoms with Gasteiger partial charge in [0.05, 0.1) is 18.5 Å². The monoisotopic (exact) mass is 211 g/mol. The molecule has 0 aliphatic heterocycles. The van der Waals surface area contributed by atoms with Gasteiger partial charge in [-0.15, -0.1) is 0 Å². The predicted octanol–water partition coefficient (Wildman–Crippen LogP) is 1.02. The molecule has 0 aliphatic carbocycles. The van der Waals surface area contributed by atoms with Crippen LogP contribution in [0.4, 0.5) is 5.69 Å². The average Bonchev–Trinajstić information content (AvgIpc) is 2.17. The highest BCUT2D eigenvalue weighted by molar-refractivity contribution is 5.74. The van der Waals surface area contributed by atoms with Crippen molar-refractivity contribution < 1.29 is 19.6 Å². The molecule has 6 nitrogen and oxygen atoms in total. The Morgan fingerprint density at radius 3 is 2.80 bits per heavy atom. The minimum Gasteiger partial charge on any atom is -0.508 e. The van der Waals surface area contributed by atoms with Gasteiger partial charge in [-0.3, -0.25) is 14.9 Å². The SMILES string of the molecule is COC(=O)Cc1cc(O)ccc1[N+](=O)[O-]. The summed E-state index contributed by atoms with van der Waals surface area (Å²) < 4.78 is 4.39. The minimum absolute atomic E-state index is 0.125. The van der Waals surface area contributed by atoms with E-state index in [-0.39, 0.29) is 23.4 Å². The Kier molecular flexibility index (Phi) is 3.22. The highest BCUT2D eigenvalue weighted by Crippen LogP contribution is 2.23. The molecule has 1 aromatic rings. The molecule has 0 aromatic heterocycles. The number of nitro benzene ring substituents is 1. The van der Waals surface area contributed by atoms with Gasteiger partial charge in [-0.1, -0.05) is 0 Å². The van der Waals surface area contributed by atoms with E-state index < -0.39 is 10.9 Å². The van der Waals surface area contributed by atoms with Crippen LogP contribution < -0.4 is 0 Å². The maximum Gasteiger partial charge on any atom is 0.310 e. The van der Waals surface area contributed by atoms with Gasteiger partial charge in [0.25, 0.3) is 5.69 Å². The van der Waals surface area contributed by atoms with Crippen LogP contribution in [0.5, 0.6) is 5.75 Å². The van der Waals surface area contributed by atoms with Crippen molar-refractivity contribution >= 4 is 11.7 Å². The number of carbonyl (C=O) groups is 1. The van der Waals surface area contributed by atoms with Crippen LogP contribution in [0.3, 0.4) is 0 Å². The molecule has 0 saturated carbocycles. The van der Waals surface area contributed by atoms with Crippen LogP contribution in [0.15, 0.2) is 18.2 Å². The molecule has 1 rings (SSSR count). The third-order valence-corrected chi connectivity index (χ3v) is 1.82. The Balaban J connectivity index is 3.07. The first-order chi connectivity index (χ1) is 7.04. The molecule has 80 valence electrons. The van der Waals surface area contributed by atoms with E-state index in [2.05, 4.69) is 4.74 Å². The van der Waals surface area contributed by atoms with Crippen LogP contribution in [0.25, 0.3) is 0 Å². The first-order valence-corrected chi connectivity index (χ1v) is 4.07. The van der Waals surface area contributed by atoms with Gasteiger partial charge in [0, 0.05) is 11.6 Å². The van der Waals surface area contributed by atoms with Crippen LogP contribution >= 0.6 is 0 Å². The highest BCUT2D eigenvalue weighted by atomic mass is 16.6. The van der Waals surface area contributed by atoms with Gasteiger partial charge in [-0.05, 0) is 12.1 Å². The summed E-state index contributed by atoms with van der Waals surface area (Å²) in [6.07, 6.45) is -0.235. The van der Waals surface area contributed by atoms with Gasteiger partial charge in [0.1, 0.15) is 5.75 Å². The summed E-state index contributed by atoms with van der Waals surface area (Å²) in [4.78, 5) is 20.9. The zero-order valence-electron chi connectivity index (χ0n) is 7.97. The number of nitro groups is 1. The number of aromatic hydroxyl groups is 1. The smallest absolute Gasteiger partial charge is 0.310 e. The van der Waals surface area contributed by atoms with Crippen LogP contribution in [0.2, 0.25) is 0 Å². The van der Waals surface area contributed by atoms with Gasteiger partial charge in [0.15, 0.2) is 0 Å². The van der Waals surface area contributed by atoms with Crippen LogP contribution in [0.1, 0.15) is 5.56 Å². The van der Waals surface area contributed by atoms with E-state index in [0.717, 1.165) is 6.07 Å². The molecule has 0 amide bonds. The molecule has 6 heteroatoms. The van der Waals surface area contributed by atoms with Crippen molar-refractivity contribution in [3.8, 4) is 5.75 Å². The lowest BCUT2D eigenvalue weighted by Crippen LogP contribution is -2.06. The third kappa shape index (κ3) is 2.67. The summed E-state index contributed by atoms with van der Waals surface area (Å²) in [5.41, 5.74) is -0.0787. The third-order valence-electron chi connectivity index (χ3n) is 1.82. The van der Waals surface area contributed by atoms with Crippen molar-refractivity contribution in [2.24, 2.45) is 0 Å². The number of hydrogen-bond donors (Lipinski definition) is 1. The fraction of sp³-hybridized carbons (Fsp3) is 0.222. The summed E-state index contributed by atoms with van der Waals surface area (Å²) in [5.74, 6) is -0.719. The zero-order valence-corrected chi connectivity index (χ0v) is 7.97. The van der Waals surface area contributed by atoms with Crippen molar-refractivity contribution in [1.82, 2.24) is 0 Å². The Bertz CT molecular complexity index is 401. The molecule has 0 spiro atoms. The van der Waals surface area contributed by atoms with E-state index in [1.807, 2.05) is 0 Å².